The number of halogens is 3. The molecule has 0 fully saturated rings. The van der Waals surface area contributed by atoms with Crippen LogP contribution in [0.3, 0.4) is 0 Å². The Bertz CT molecular complexity index is 585. The van der Waals surface area contributed by atoms with Crippen molar-refractivity contribution in [2.45, 2.75) is 14.9 Å². The maximum atomic E-state index is 8.27. The predicted molar refractivity (Wildman–Crippen MR) is 101 cm³/mol. The van der Waals surface area contributed by atoms with E-state index in [2.05, 4.69) is 42.2 Å². The van der Waals surface area contributed by atoms with Gasteiger partial charge >= 0.3 is 0 Å². The zero-order valence-corrected chi connectivity index (χ0v) is 14.7. The van der Waals surface area contributed by atoms with Crippen LogP contribution in [0.25, 0.3) is 0 Å². The number of thiophene rings is 2. The number of hydrogen-bond donors (Lipinski definition) is 2. The quantitative estimate of drug-likeness (QED) is 0.295. The third-order valence-electron chi connectivity index (χ3n) is 1.71. The first-order valence-electron chi connectivity index (χ1n) is 4.61. The van der Waals surface area contributed by atoms with Crippen LogP contribution in [0.5, 0.6) is 0 Å². The smallest absolute Gasteiger partial charge is 0.186 e. The van der Waals surface area contributed by atoms with E-state index in [4.69, 9.17) is 22.0 Å². The molecular formula is C12H15Br2ClN2O2S2. The summed E-state index contributed by atoms with van der Waals surface area (Å²) in [6.45, 7) is 0. The molecule has 118 valence electrons. The molecule has 9 heteroatoms. The van der Waals surface area contributed by atoms with E-state index in [1.165, 1.54) is 28.9 Å². The van der Waals surface area contributed by atoms with Crippen molar-refractivity contribution in [1.82, 2.24) is 0 Å². The summed E-state index contributed by atoms with van der Waals surface area (Å²) in [6.07, 6.45) is 1.40. The SMILES string of the molecule is C.C.O/N=C(\Cl)c1sccc1Br.O/N=C/c1sccc1Br. The molecule has 2 aromatic rings. The van der Waals surface area contributed by atoms with E-state index >= 15 is 0 Å². The van der Waals surface area contributed by atoms with E-state index < -0.39 is 0 Å². The van der Waals surface area contributed by atoms with Crippen LogP contribution in [0, 0.1) is 0 Å². The van der Waals surface area contributed by atoms with E-state index in [1.54, 1.807) is 0 Å². The summed E-state index contributed by atoms with van der Waals surface area (Å²) in [4.78, 5) is 1.67. The highest BCUT2D eigenvalue weighted by atomic mass is 79.9. The fourth-order valence-corrected chi connectivity index (χ4v) is 4.05. The molecule has 0 saturated heterocycles. The molecule has 0 aliphatic rings. The Morgan fingerprint density at radius 3 is 2.05 bits per heavy atom. The van der Waals surface area contributed by atoms with Gasteiger partial charge in [-0.25, -0.2) is 0 Å². The third kappa shape index (κ3) is 7.42. The Morgan fingerprint density at radius 1 is 1.10 bits per heavy atom. The lowest BCUT2D eigenvalue weighted by atomic mass is 10.5. The van der Waals surface area contributed by atoms with E-state index in [1.807, 2.05) is 22.9 Å². The molecule has 21 heavy (non-hydrogen) atoms. The fraction of sp³-hybridized carbons (Fsp3) is 0.167. The molecule has 2 N–H and O–H groups in total. The average molecular weight is 479 g/mol. The molecule has 0 aromatic carbocycles. The Balaban J connectivity index is 0. The van der Waals surface area contributed by atoms with Crippen molar-refractivity contribution >= 4 is 77.5 Å². The molecule has 0 spiro atoms. The van der Waals surface area contributed by atoms with Gasteiger partial charge in [0.15, 0.2) is 5.17 Å². The number of hydrogen-bond acceptors (Lipinski definition) is 6. The highest BCUT2D eigenvalue weighted by Crippen LogP contribution is 2.24. The van der Waals surface area contributed by atoms with Crippen LogP contribution in [0.1, 0.15) is 24.6 Å². The molecular weight excluding hydrogens is 464 g/mol. The number of oxime groups is 2. The first-order chi connectivity index (χ1) is 9.10. The lowest BCUT2D eigenvalue weighted by molar-refractivity contribution is 0.321. The molecule has 2 aromatic heterocycles. The Hall–Kier alpha value is -0.410. The van der Waals surface area contributed by atoms with Crippen LogP contribution in [-0.4, -0.2) is 21.8 Å². The number of nitrogens with zero attached hydrogens (tertiary/aromatic N) is 2. The van der Waals surface area contributed by atoms with Crippen molar-refractivity contribution in [1.29, 1.82) is 0 Å². The molecule has 0 atom stereocenters. The van der Waals surface area contributed by atoms with Crippen LogP contribution >= 0.6 is 66.1 Å². The highest BCUT2D eigenvalue weighted by molar-refractivity contribution is 9.11. The van der Waals surface area contributed by atoms with Crippen molar-refractivity contribution in [3.8, 4) is 0 Å². The zero-order valence-electron chi connectivity index (χ0n) is 9.13. The third-order valence-corrected chi connectivity index (χ3v) is 5.74. The van der Waals surface area contributed by atoms with Crippen molar-refractivity contribution in [3.05, 3.63) is 41.6 Å². The lowest BCUT2D eigenvalue weighted by Gasteiger charge is -1.88. The first-order valence-corrected chi connectivity index (χ1v) is 8.33. The van der Waals surface area contributed by atoms with Gasteiger partial charge in [-0.3, -0.25) is 0 Å². The molecule has 2 heterocycles. The van der Waals surface area contributed by atoms with E-state index in [9.17, 15) is 0 Å². The summed E-state index contributed by atoms with van der Waals surface area (Å²) in [5.74, 6) is 0. The standard InChI is InChI=1S/C5H3BrClNOS.C5H4BrNOS.2CH4/c6-3-1-2-10-4(3)5(7)8-9;6-4-1-2-9-5(4)3-7-8;;/h1-2,9H;1-3,8H;2*1H4/b8-5-;7-3+;;. The summed E-state index contributed by atoms with van der Waals surface area (Å²) in [5, 5.41) is 26.0. The summed E-state index contributed by atoms with van der Waals surface area (Å²) in [6, 6.07) is 3.75. The second-order valence-electron chi connectivity index (χ2n) is 2.87. The molecule has 0 aliphatic heterocycles. The summed E-state index contributed by atoms with van der Waals surface area (Å²) >= 11 is 15.0. The van der Waals surface area contributed by atoms with E-state index in [0.717, 1.165) is 18.7 Å². The van der Waals surface area contributed by atoms with Gasteiger partial charge in [0.25, 0.3) is 0 Å². The van der Waals surface area contributed by atoms with Crippen LogP contribution in [0.2, 0.25) is 0 Å². The van der Waals surface area contributed by atoms with Gasteiger partial charge in [-0.1, -0.05) is 36.8 Å². The zero-order chi connectivity index (χ0) is 14.3. The van der Waals surface area contributed by atoms with Crippen LogP contribution in [-0.2, 0) is 0 Å². The highest BCUT2D eigenvalue weighted by Gasteiger charge is 2.05. The summed E-state index contributed by atoms with van der Waals surface area (Å²) < 4.78 is 1.81. The Kier molecular flexibility index (Phi) is 13.2. The fourth-order valence-electron chi connectivity index (χ4n) is 0.936. The van der Waals surface area contributed by atoms with Gasteiger partial charge in [-0.15, -0.1) is 22.7 Å². The van der Waals surface area contributed by atoms with Gasteiger partial charge < -0.3 is 10.4 Å². The van der Waals surface area contributed by atoms with Gasteiger partial charge in [0.05, 0.1) is 16.0 Å². The van der Waals surface area contributed by atoms with Crippen LogP contribution in [0.15, 0.2) is 42.1 Å². The van der Waals surface area contributed by atoms with Gasteiger partial charge in [-0.2, -0.15) is 0 Å². The van der Waals surface area contributed by atoms with Gasteiger partial charge in [0.2, 0.25) is 0 Å². The van der Waals surface area contributed by atoms with E-state index in [0.29, 0.717) is 0 Å². The maximum absolute atomic E-state index is 8.27. The minimum absolute atomic E-state index is 0. The first kappa shape index (κ1) is 22.9. The van der Waals surface area contributed by atoms with Crippen molar-refractivity contribution in [2.24, 2.45) is 10.3 Å². The van der Waals surface area contributed by atoms with Crippen molar-refractivity contribution < 1.29 is 10.4 Å². The molecule has 4 nitrogen and oxygen atoms in total. The Morgan fingerprint density at radius 2 is 1.67 bits per heavy atom. The summed E-state index contributed by atoms with van der Waals surface area (Å²) in [5.41, 5.74) is 0. The summed E-state index contributed by atoms with van der Waals surface area (Å²) in [7, 11) is 0. The van der Waals surface area contributed by atoms with Crippen LogP contribution in [0.4, 0.5) is 0 Å². The second-order valence-corrected chi connectivity index (χ2v) is 6.80. The maximum Gasteiger partial charge on any atom is 0.186 e. The molecule has 0 radical (unpaired) electrons. The number of rotatable bonds is 2. The second kappa shape index (κ2) is 12.2. The van der Waals surface area contributed by atoms with Crippen LogP contribution < -0.4 is 0 Å². The molecule has 0 amide bonds. The predicted octanol–water partition coefficient (Wildman–Crippen LogP) is 6.48. The molecule has 0 saturated carbocycles. The monoisotopic (exact) mass is 476 g/mol. The molecule has 0 aliphatic carbocycles. The largest absolute Gasteiger partial charge is 0.411 e. The Labute approximate surface area is 154 Å². The van der Waals surface area contributed by atoms with E-state index in [-0.39, 0.29) is 20.0 Å². The van der Waals surface area contributed by atoms with Gasteiger partial charge in [0.1, 0.15) is 0 Å². The van der Waals surface area contributed by atoms with Gasteiger partial charge in [0, 0.05) is 8.95 Å². The molecule has 0 unspecified atom stereocenters. The minimum Gasteiger partial charge on any atom is -0.411 e. The average Bonchev–Trinajstić information content (AvgIpc) is 2.99. The molecule has 2 rings (SSSR count). The molecule has 0 bridgehead atoms. The minimum atomic E-state index is 0. The van der Waals surface area contributed by atoms with Gasteiger partial charge in [-0.05, 0) is 54.8 Å². The van der Waals surface area contributed by atoms with Crippen molar-refractivity contribution in [3.63, 3.8) is 0 Å². The van der Waals surface area contributed by atoms with Crippen molar-refractivity contribution in [2.75, 3.05) is 0 Å². The topological polar surface area (TPSA) is 65.2 Å². The lowest BCUT2D eigenvalue weighted by Crippen LogP contribution is -1.85. The normalized spacial score (nSPS) is 10.3.